The molecule has 9 nitrogen and oxygen atoms in total. The van der Waals surface area contributed by atoms with Crippen LogP contribution in [-0.4, -0.2) is 51.5 Å². The second-order valence-corrected chi connectivity index (χ2v) is 11.5. The van der Waals surface area contributed by atoms with Gasteiger partial charge in [0.2, 0.25) is 5.91 Å². The molecule has 39 heavy (non-hydrogen) atoms. The first kappa shape index (κ1) is 27.0. The van der Waals surface area contributed by atoms with Crippen LogP contribution in [0.5, 0.6) is 11.5 Å². The Morgan fingerprint density at radius 3 is 2.64 bits per heavy atom. The zero-order chi connectivity index (χ0) is 27.6. The molecule has 0 unspecified atom stereocenters. The Morgan fingerprint density at radius 2 is 1.90 bits per heavy atom. The summed E-state index contributed by atoms with van der Waals surface area (Å²) in [5.41, 5.74) is 2.21. The van der Waals surface area contributed by atoms with Crippen LogP contribution in [0.15, 0.2) is 77.7 Å². The van der Waals surface area contributed by atoms with Gasteiger partial charge in [0.15, 0.2) is 0 Å². The second kappa shape index (κ2) is 11.3. The molecule has 2 aliphatic rings. The minimum Gasteiger partial charge on any atom is -0.497 e. The van der Waals surface area contributed by atoms with E-state index in [2.05, 4.69) is 10.0 Å². The van der Waals surface area contributed by atoms with Gasteiger partial charge in [0.1, 0.15) is 23.7 Å². The summed E-state index contributed by atoms with van der Waals surface area (Å²) in [4.78, 5) is 12.9. The Bertz CT molecular complexity index is 1430. The average molecular weight is 553 g/mol. The number of aliphatic hydroxyl groups excluding tert-OH is 1. The van der Waals surface area contributed by atoms with Crippen molar-refractivity contribution in [3.8, 4) is 11.5 Å². The van der Waals surface area contributed by atoms with E-state index in [9.17, 15) is 18.3 Å². The van der Waals surface area contributed by atoms with Crippen molar-refractivity contribution < 1.29 is 32.5 Å². The van der Waals surface area contributed by atoms with Gasteiger partial charge in [0, 0.05) is 23.2 Å². The number of fused-ring (bicyclic) bond motifs is 3. The van der Waals surface area contributed by atoms with Gasteiger partial charge in [0.05, 0.1) is 37.2 Å². The van der Waals surface area contributed by atoms with Crippen LogP contribution in [-0.2, 0) is 19.6 Å². The summed E-state index contributed by atoms with van der Waals surface area (Å²) in [6.45, 7) is 1.67. The van der Waals surface area contributed by atoms with E-state index in [0.717, 1.165) is 11.1 Å². The first-order valence-corrected chi connectivity index (χ1v) is 14.3. The summed E-state index contributed by atoms with van der Waals surface area (Å²) in [5, 5.41) is 13.0. The highest BCUT2D eigenvalue weighted by Crippen LogP contribution is 2.47. The number of anilines is 1. The third kappa shape index (κ3) is 5.88. The van der Waals surface area contributed by atoms with E-state index in [1.165, 1.54) is 19.2 Å². The van der Waals surface area contributed by atoms with Gasteiger partial charge in [-0.1, -0.05) is 36.4 Å². The van der Waals surface area contributed by atoms with E-state index in [1.54, 1.807) is 30.3 Å². The number of carbonyl (C=O) groups excluding carboxylic acids is 1. The predicted octanol–water partition coefficient (Wildman–Crippen LogP) is 3.76. The predicted molar refractivity (Wildman–Crippen MR) is 145 cm³/mol. The van der Waals surface area contributed by atoms with E-state index in [1.807, 2.05) is 37.3 Å². The Balaban J connectivity index is 1.31. The Kier molecular flexibility index (Phi) is 7.79. The Labute approximate surface area is 228 Å². The smallest absolute Gasteiger partial charge is 0.262 e. The molecule has 1 saturated heterocycles. The van der Waals surface area contributed by atoms with E-state index in [-0.39, 0.29) is 35.8 Å². The van der Waals surface area contributed by atoms with Crippen molar-refractivity contribution >= 4 is 21.6 Å². The maximum absolute atomic E-state index is 13.0. The van der Waals surface area contributed by atoms with Gasteiger partial charge in [-0.25, -0.2) is 8.42 Å². The molecule has 3 aromatic carbocycles. The molecule has 0 aliphatic carbocycles. The third-order valence-electron chi connectivity index (χ3n) is 7.19. The molecular weight excluding hydrogens is 520 g/mol. The van der Waals surface area contributed by atoms with Gasteiger partial charge < -0.3 is 24.6 Å². The molecule has 1 fully saturated rings. The lowest BCUT2D eigenvalue weighted by Gasteiger charge is -2.37. The normalized spacial score (nSPS) is 22.6. The first-order valence-electron chi connectivity index (χ1n) is 12.9. The van der Waals surface area contributed by atoms with Crippen LogP contribution in [0.3, 0.4) is 0 Å². The fourth-order valence-corrected chi connectivity index (χ4v) is 6.35. The molecular formula is C29H32N2O7S. The molecule has 206 valence electrons. The zero-order valence-electron chi connectivity index (χ0n) is 21.7. The summed E-state index contributed by atoms with van der Waals surface area (Å²) < 4.78 is 46.0. The highest BCUT2D eigenvalue weighted by molar-refractivity contribution is 7.92. The van der Waals surface area contributed by atoms with Gasteiger partial charge >= 0.3 is 0 Å². The fourth-order valence-electron chi connectivity index (χ4n) is 5.27. The number of carbonyl (C=O) groups is 1. The summed E-state index contributed by atoms with van der Waals surface area (Å²) in [7, 11) is -2.38. The average Bonchev–Trinajstić information content (AvgIpc) is 3.30. The van der Waals surface area contributed by atoms with Crippen molar-refractivity contribution in [3.05, 3.63) is 83.9 Å². The number of aliphatic hydroxyl groups is 1. The lowest BCUT2D eigenvalue weighted by Crippen LogP contribution is -2.47. The topological polar surface area (TPSA) is 123 Å². The molecule has 2 aliphatic heterocycles. The zero-order valence-corrected chi connectivity index (χ0v) is 22.6. The van der Waals surface area contributed by atoms with Crippen molar-refractivity contribution in [2.24, 2.45) is 0 Å². The van der Waals surface area contributed by atoms with Crippen molar-refractivity contribution in [3.63, 3.8) is 0 Å². The molecule has 0 bridgehead atoms. The Morgan fingerprint density at radius 1 is 1.10 bits per heavy atom. The molecule has 5 atom stereocenters. The number of amides is 1. The van der Waals surface area contributed by atoms with Gasteiger partial charge in [-0.3, -0.25) is 9.52 Å². The van der Waals surface area contributed by atoms with Crippen LogP contribution in [0.2, 0.25) is 0 Å². The monoisotopic (exact) mass is 552 g/mol. The molecule has 1 amide bonds. The van der Waals surface area contributed by atoms with Crippen LogP contribution in [0.4, 0.5) is 5.69 Å². The summed E-state index contributed by atoms with van der Waals surface area (Å²) in [6.07, 6.45) is -0.852. The number of benzene rings is 3. The number of nitrogens with one attached hydrogen (secondary N) is 2. The summed E-state index contributed by atoms with van der Waals surface area (Å²) in [5.74, 6) is 0.731. The number of hydrogen-bond acceptors (Lipinski definition) is 7. The number of hydrogen-bond donors (Lipinski definition) is 3. The summed E-state index contributed by atoms with van der Waals surface area (Å²) >= 11 is 0. The number of ether oxygens (including phenoxy) is 3. The Hall–Kier alpha value is -3.60. The van der Waals surface area contributed by atoms with Crippen molar-refractivity contribution in [2.75, 3.05) is 18.4 Å². The van der Waals surface area contributed by atoms with E-state index >= 15 is 0 Å². The molecule has 3 N–H and O–H groups in total. The van der Waals surface area contributed by atoms with Gasteiger partial charge in [-0.15, -0.1) is 0 Å². The van der Waals surface area contributed by atoms with Crippen molar-refractivity contribution in [2.45, 2.75) is 54.9 Å². The van der Waals surface area contributed by atoms with Crippen LogP contribution < -0.4 is 19.5 Å². The van der Waals surface area contributed by atoms with E-state index < -0.39 is 28.3 Å². The molecule has 0 spiro atoms. The van der Waals surface area contributed by atoms with E-state index in [0.29, 0.717) is 23.6 Å². The second-order valence-electron chi connectivity index (χ2n) is 9.84. The van der Waals surface area contributed by atoms with Crippen LogP contribution in [0, 0.1) is 0 Å². The lowest BCUT2D eigenvalue weighted by molar-refractivity contribution is -0.142. The SMILES string of the molecule is COc1cccc(S(=O)(=O)Nc2ccc3c(c2)[C@H]2C[C@H](CC(=O)N[C@@H](C)c4ccccc4)O[C@H](CO)[C@H]2O3)c1. The minimum absolute atomic E-state index is 0.0821. The molecule has 0 aromatic heterocycles. The van der Waals surface area contributed by atoms with Crippen LogP contribution in [0.25, 0.3) is 0 Å². The quantitative estimate of drug-likeness (QED) is 0.369. The van der Waals surface area contributed by atoms with Crippen molar-refractivity contribution in [1.82, 2.24) is 5.32 Å². The lowest BCUT2D eigenvalue weighted by atomic mass is 9.84. The van der Waals surface area contributed by atoms with Crippen molar-refractivity contribution in [1.29, 1.82) is 0 Å². The molecule has 10 heteroatoms. The fraction of sp³-hybridized carbons (Fsp3) is 0.345. The first-order chi connectivity index (χ1) is 18.8. The molecule has 0 radical (unpaired) electrons. The molecule has 0 saturated carbocycles. The standard InChI is InChI=1S/C29H32N2O7S/c1-18(19-7-4-3-5-8-19)30-28(33)16-22-15-25-24-13-20(11-12-26(24)38-29(25)27(17-32)37-22)31-39(34,35)23-10-6-9-21(14-23)36-2/h3-14,18,22,25,27,29,31-32H,15-17H2,1-2H3,(H,30,33)/t18-,22+,25+,27+,29-/m0/s1. The van der Waals surface area contributed by atoms with Crippen LogP contribution in [0.1, 0.15) is 42.9 Å². The summed E-state index contributed by atoms with van der Waals surface area (Å²) in [6, 6.07) is 20.9. The molecule has 2 heterocycles. The maximum atomic E-state index is 13.0. The molecule has 3 aromatic rings. The molecule has 5 rings (SSSR count). The highest BCUT2D eigenvalue weighted by atomic mass is 32.2. The minimum atomic E-state index is -3.86. The largest absolute Gasteiger partial charge is 0.497 e. The number of methoxy groups -OCH3 is 1. The van der Waals surface area contributed by atoms with Crippen LogP contribution >= 0.6 is 0 Å². The van der Waals surface area contributed by atoms with E-state index in [4.69, 9.17) is 14.2 Å². The maximum Gasteiger partial charge on any atom is 0.262 e. The number of sulfonamides is 1. The highest BCUT2D eigenvalue weighted by Gasteiger charge is 2.46. The number of rotatable bonds is 9. The van der Waals surface area contributed by atoms with Gasteiger partial charge in [0.25, 0.3) is 10.0 Å². The van der Waals surface area contributed by atoms with Gasteiger partial charge in [-0.2, -0.15) is 0 Å². The third-order valence-corrected chi connectivity index (χ3v) is 8.57. The van der Waals surface area contributed by atoms with Gasteiger partial charge in [-0.05, 0) is 49.2 Å².